The number of rotatable bonds is 3. The maximum absolute atomic E-state index is 11.7. The third-order valence-corrected chi connectivity index (χ3v) is 2.40. The highest BCUT2D eigenvalue weighted by molar-refractivity contribution is 5.93. The lowest BCUT2D eigenvalue weighted by atomic mass is 10.2. The Morgan fingerprint density at radius 3 is 2.50 bits per heavy atom. The van der Waals surface area contributed by atoms with Gasteiger partial charge in [0.25, 0.3) is 5.91 Å². The molecule has 0 bridgehead atoms. The van der Waals surface area contributed by atoms with E-state index in [0.29, 0.717) is 17.8 Å². The topological polar surface area (TPSA) is 85.3 Å². The van der Waals surface area contributed by atoms with Crippen molar-refractivity contribution in [2.24, 2.45) is 0 Å². The smallest absolute Gasteiger partial charge is 0.335 e. The molecule has 1 heterocycles. The Morgan fingerprint density at radius 1 is 1.17 bits per heavy atom. The highest BCUT2D eigenvalue weighted by Crippen LogP contribution is 2.05. The van der Waals surface area contributed by atoms with Crippen LogP contribution < -0.4 is 16.7 Å². The zero-order valence-electron chi connectivity index (χ0n) is 9.55. The molecule has 0 radical (unpaired) electrons. The van der Waals surface area contributed by atoms with Gasteiger partial charge in [-0.1, -0.05) is 12.1 Å². The summed E-state index contributed by atoms with van der Waals surface area (Å²) in [4.78, 5) is 22.4. The van der Waals surface area contributed by atoms with Gasteiger partial charge in [-0.25, -0.2) is 4.79 Å². The fraction of sp³-hybridized carbons (Fsp3) is 0.0769. The van der Waals surface area contributed by atoms with E-state index in [1.54, 1.807) is 12.1 Å². The van der Waals surface area contributed by atoms with Crippen molar-refractivity contribution in [1.29, 1.82) is 0 Å². The van der Waals surface area contributed by atoms with Crippen LogP contribution >= 0.6 is 0 Å². The average molecular weight is 244 g/mol. The average Bonchev–Trinajstić information content (AvgIpc) is 2.38. The molecule has 1 aromatic heterocycles. The Morgan fingerprint density at radius 2 is 1.89 bits per heavy atom. The fourth-order valence-electron chi connectivity index (χ4n) is 1.41. The summed E-state index contributed by atoms with van der Waals surface area (Å²) in [6, 6.07) is 9.83. The third kappa shape index (κ3) is 2.98. The minimum absolute atomic E-state index is 0.296. The SMILES string of the molecule is Nc1ccc(CNC(=O)c2ccc(=O)oc2)cc1. The molecule has 5 heteroatoms. The molecule has 0 atom stereocenters. The predicted molar refractivity (Wildman–Crippen MR) is 67.0 cm³/mol. The predicted octanol–water partition coefficient (Wildman–Crippen LogP) is 1.15. The monoisotopic (exact) mass is 244 g/mol. The van der Waals surface area contributed by atoms with E-state index in [1.165, 1.54) is 12.1 Å². The summed E-state index contributed by atoms with van der Waals surface area (Å²) in [6.07, 6.45) is 1.14. The first-order valence-corrected chi connectivity index (χ1v) is 5.36. The van der Waals surface area contributed by atoms with Crippen LogP contribution in [0.2, 0.25) is 0 Å². The van der Waals surface area contributed by atoms with Crippen molar-refractivity contribution in [3.8, 4) is 0 Å². The first kappa shape index (κ1) is 11.9. The summed E-state index contributed by atoms with van der Waals surface area (Å²) in [5.74, 6) is -0.296. The van der Waals surface area contributed by atoms with E-state index in [-0.39, 0.29) is 5.91 Å². The first-order valence-electron chi connectivity index (χ1n) is 5.36. The van der Waals surface area contributed by atoms with Gasteiger partial charge in [-0.2, -0.15) is 0 Å². The third-order valence-electron chi connectivity index (χ3n) is 2.40. The summed E-state index contributed by atoms with van der Waals surface area (Å²) in [6.45, 7) is 0.387. The van der Waals surface area contributed by atoms with Crippen LogP contribution in [0.5, 0.6) is 0 Å². The Labute approximate surface area is 103 Å². The van der Waals surface area contributed by atoms with E-state index < -0.39 is 5.63 Å². The Kier molecular flexibility index (Phi) is 3.43. The van der Waals surface area contributed by atoms with E-state index in [0.717, 1.165) is 11.8 Å². The second kappa shape index (κ2) is 5.18. The Balaban J connectivity index is 1.98. The number of carbonyl (C=O) groups is 1. The molecule has 1 aromatic carbocycles. The maximum Gasteiger partial charge on any atom is 0.335 e. The van der Waals surface area contributed by atoms with Gasteiger partial charge >= 0.3 is 5.63 Å². The Bertz CT molecular complexity index is 582. The highest BCUT2D eigenvalue weighted by Gasteiger charge is 2.05. The molecule has 0 aliphatic rings. The number of carbonyl (C=O) groups excluding carboxylic acids is 1. The van der Waals surface area contributed by atoms with E-state index in [1.807, 2.05) is 12.1 Å². The summed E-state index contributed by atoms with van der Waals surface area (Å²) < 4.78 is 4.61. The molecule has 0 saturated heterocycles. The number of benzene rings is 1. The molecule has 0 spiro atoms. The largest absolute Gasteiger partial charge is 0.430 e. The summed E-state index contributed by atoms with van der Waals surface area (Å²) in [7, 11) is 0. The van der Waals surface area contributed by atoms with Crippen LogP contribution in [0, 0.1) is 0 Å². The highest BCUT2D eigenvalue weighted by atomic mass is 16.4. The van der Waals surface area contributed by atoms with Crippen molar-refractivity contribution in [3.05, 3.63) is 64.2 Å². The maximum atomic E-state index is 11.7. The van der Waals surface area contributed by atoms with Crippen LogP contribution in [0.3, 0.4) is 0 Å². The van der Waals surface area contributed by atoms with Crippen molar-refractivity contribution in [1.82, 2.24) is 5.32 Å². The standard InChI is InChI=1S/C13H12N2O3/c14-11-4-1-9(2-5-11)7-15-13(17)10-3-6-12(16)18-8-10/h1-6,8H,7,14H2,(H,15,17). The molecule has 3 N–H and O–H groups in total. The van der Waals surface area contributed by atoms with Crippen LogP contribution in [0.15, 0.2) is 51.9 Å². The lowest BCUT2D eigenvalue weighted by Crippen LogP contribution is -2.23. The van der Waals surface area contributed by atoms with Gasteiger partial charge in [0.2, 0.25) is 0 Å². The molecule has 0 fully saturated rings. The Hall–Kier alpha value is -2.56. The van der Waals surface area contributed by atoms with Crippen LogP contribution in [0.25, 0.3) is 0 Å². The van der Waals surface area contributed by atoms with Gasteiger partial charge < -0.3 is 15.5 Å². The van der Waals surface area contributed by atoms with Crippen LogP contribution in [-0.2, 0) is 6.54 Å². The molecular formula is C13H12N2O3. The van der Waals surface area contributed by atoms with Crippen LogP contribution in [0.1, 0.15) is 15.9 Å². The lowest BCUT2D eigenvalue weighted by Gasteiger charge is -2.05. The second-order valence-electron chi connectivity index (χ2n) is 3.77. The van der Waals surface area contributed by atoms with Gasteiger partial charge in [0, 0.05) is 18.3 Å². The number of nitrogen functional groups attached to an aromatic ring is 1. The molecule has 0 saturated carbocycles. The quantitative estimate of drug-likeness (QED) is 0.793. The number of amides is 1. The molecule has 2 rings (SSSR count). The summed E-state index contributed by atoms with van der Waals surface area (Å²) in [5, 5.41) is 2.71. The van der Waals surface area contributed by atoms with Crippen molar-refractivity contribution in [2.45, 2.75) is 6.54 Å². The van der Waals surface area contributed by atoms with Gasteiger partial charge in [0.05, 0.1) is 5.56 Å². The number of hydrogen-bond donors (Lipinski definition) is 2. The normalized spacial score (nSPS) is 10.0. The zero-order valence-corrected chi connectivity index (χ0v) is 9.55. The van der Waals surface area contributed by atoms with E-state index in [4.69, 9.17) is 5.73 Å². The molecule has 0 aliphatic carbocycles. The van der Waals surface area contributed by atoms with Crippen LogP contribution in [0.4, 0.5) is 5.69 Å². The van der Waals surface area contributed by atoms with Crippen molar-refractivity contribution in [2.75, 3.05) is 5.73 Å². The van der Waals surface area contributed by atoms with Crippen molar-refractivity contribution in [3.63, 3.8) is 0 Å². The zero-order chi connectivity index (χ0) is 13.0. The first-order chi connectivity index (χ1) is 8.65. The summed E-state index contributed by atoms with van der Waals surface area (Å²) in [5.41, 5.74) is 7.00. The van der Waals surface area contributed by atoms with E-state index >= 15 is 0 Å². The number of nitrogens with one attached hydrogen (secondary N) is 1. The summed E-state index contributed by atoms with van der Waals surface area (Å²) >= 11 is 0. The molecular weight excluding hydrogens is 232 g/mol. The van der Waals surface area contributed by atoms with Crippen LogP contribution in [-0.4, -0.2) is 5.91 Å². The minimum Gasteiger partial charge on any atom is -0.430 e. The molecule has 0 unspecified atom stereocenters. The van der Waals surface area contributed by atoms with Gasteiger partial charge in [0.15, 0.2) is 0 Å². The molecule has 5 nitrogen and oxygen atoms in total. The van der Waals surface area contributed by atoms with Gasteiger partial charge in [0.1, 0.15) is 6.26 Å². The molecule has 0 aliphatic heterocycles. The molecule has 2 aromatic rings. The number of anilines is 1. The van der Waals surface area contributed by atoms with Gasteiger partial charge in [-0.05, 0) is 23.8 Å². The molecule has 18 heavy (non-hydrogen) atoms. The fourth-order valence-corrected chi connectivity index (χ4v) is 1.41. The second-order valence-corrected chi connectivity index (χ2v) is 3.77. The lowest BCUT2D eigenvalue weighted by molar-refractivity contribution is 0.0948. The minimum atomic E-state index is -0.481. The van der Waals surface area contributed by atoms with E-state index in [2.05, 4.69) is 9.73 Å². The molecule has 1 amide bonds. The molecule has 92 valence electrons. The van der Waals surface area contributed by atoms with Crippen molar-refractivity contribution >= 4 is 11.6 Å². The number of hydrogen-bond acceptors (Lipinski definition) is 4. The van der Waals surface area contributed by atoms with Gasteiger partial charge in [-0.3, -0.25) is 4.79 Å². The van der Waals surface area contributed by atoms with Gasteiger partial charge in [-0.15, -0.1) is 0 Å². The number of nitrogens with two attached hydrogens (primary N) is 1. The van der Waals surface area contributed by atoms with E-state index in [9.17, 15) is 9.59 Å². The van der Waals surface area contributed by atoms with Crippen molar-refractivity contribution < 1.29 is 9.21 Å².